The Bertz CT molecular complexity index is 89.6. The largest absolute Gasteiger partial charge is 0.793 e. The Morgan fingerprint density at radius 3 is 1.82 bits per heavy atom. The molecule has 0 saturated carbocycles. The average molecular weight is 195 g/mol. The molecule has 0 aromatic heterocycles. The van der Waals surface area contributed by atoms with Gasteiger partial charge in [-0.25, -0.2) is 0 Å². The highest BCUT2D eigenvalue weighted by atomic mass is 32.1. The van der Waals surface area contributed by atoms with Crippen molar-refractivity contribution in [2.24, 2.45) is 0 Å². The maximum absolute atomic E-state index is 5.19. The van der Waals surface area contributed by atoms with E-state index in [9.17, 15) is 0 Å². The van der Waals surface area contributed by atoms with Crippen LogP contribution in [-0.4, -0.2) is 35.9 Å². The third-order valence-electron chi connectivity index (χ3n) is 1.56. The second-order valence-corrected chi connectivity index (χ2v) is 5.60. The normalized spacial score (nSPS) is 12.0. The van der Waals surface area contributed by atoms with Gasteiger partial charge in [-0.3, -0.25) is 0 Å². The van der Waals surface area contributed by atoms with E-state index in [0.29, 0.717) is 0 Å². The highest BCUT2D eigenvalue weighted by Crippen LogP contribution is 2.14. The predicted octanol–water partition coefficient (Wildman–Crippen LogP) is 0.801. The van der Waals surface area contributed by atoms with Crippen LogP contribution in [0, 0.1) is 0 Å². The van der Waals surface area contributed by atoms with Gasteiger partial charge in [-0.05, 0) is 0 Å². The van der Waals surface area contributed by atoms with E-state index in [2.05, 4.69) is 0 Å². The fraction of sp³-hybridized carbons (Fsp3) is 1.00. The van der Waals surface area contributed by atoms with Crippen LogP contribution < -0.4 is 0 Å². The van der Waals surface area contributed by atoms with Crippen molar-refractivity contribution < 1.29 is 13.3 Å². The van der Waals surface area contributed by atoms with Gasteiger partial charge in [0, 0.05) is 27.4 Å². The molecule has 0 saturated heterocycles. The molecule has 68 valence electrons. The Hall–Kier alpha value is 0.447. The smallest absolute Gasteiger partial charge is 0.500 e. The van der Waals surface area contributed by atoms with Crippen LogP contribution in [0.25, 0.3) is 0 Å². The van der Waals surface area contributed by atoms with Gasteiger partial charge in [-0.15, -0.1) is 0 Å². The van der Waals surface area contributed by atoms with Gasteiger partial charge in [0.25, 0.3) is 0 Å². The molecule has 3 nitrogen and oxygen atoms in total. The summed E-state index contributed by atoms with van der Waals surface area (Å²) in [6, 6.07) is 0.806. The van der Waals surface area contributed by atoms with E-state index in [4.69, 9.17) is 25.9 Å². The van der Waals surface area contributed by atoms with E-state index in [1.165, 1.54) is 0 Å². The highest BCUT2D eigenvalue weighted by Gasteiger charge is 2.36. The quantitative estimate of drug-likeness (QED) is 0.463. The second kappa shape index (κ2) is 6.02. The lowest BCUT2D eigenvalue weighted by atomic mass is 10.6. The minimum atomic E-state index is -2.31. The third-order valence-corrected chi connectivity index (χ3v) is 4.68. The van der Waals surface area contributed by atoms with Gasteiger partial charge in [-0.1, -0.05) is 6.42 Å². The van der Waals surface area contributed by atoms with Crippen LogP contribution in [0.3, 0.4) is 0 Å². The SMILES string of the molecule is CO[Si](CCC[S-])(OC)OC. The molecule has 0 unspecified atom stereocenters. The lowest BCUT2D eigenvalue weighted by Crippen LogP contribution is -2.42. The van der Waals surface area contributed by atoms with Gasteiger partial charge in [0.05, 0.1) is 0 Å². The molecule has 0 radical (unpaired) electrons. The van der Waals surface area contributed by atoms with Crippen LogP contribution >= 0.6 is 0 Å². The molecule has 0 aromatic rings. The van der Waals surface area contributed by atoms with E-state index >= 15 is 0 Å². The summed E-state index contributed by atoms with van der Waals surface area (Å²) < 4.78 is 15.6. The molecule has 0 aliphatic rings. The van der Waals surface area contributed by atoms with Gasteiger partial charge >= 0.3 is 8.80 Å². The van der Waals surface area contributed by atoms with Crippen molar-refractivity contribution in [1.29, 1.82) is 0 Å². The summed E-state index contributed by atoms with van der Waals surface area (Å²) in [7, 11) is 2.54. The molecule has 0 aliphatic heterocycles. The molecule has 0 amide bonds. The fourth-order valence-corrected chi connectivity index (χ4v) is 2.97. The molecule has 0 bridgehead atoms. The summed E-state index contributed by atoms with van der Waals surface area (Å²) in [4.78, 5) is 0. The first-order valence-corrected chi connectivity index (χ1v) is 5.99. The molecule has 0 spiro atoms. The molecule has 0 N–H and O–H groups in total. The Morgan fingerprint density at radius 1 is 1.09 bits per heavy atom. The lowest BCUT2D eigenvalue weighted by Gasteiger charge is -2.24. The van der Waals surface area contributed by atoms with Crippen LogP contribution in [0.2, 0.25) is 6.04 Å². The van der Waals surface area contributed by atoms with Crippen LogP contribution in [0.15, 0.2) is 0 Å². The molecular formula is C6H15O3SSi-. The summed E-state index contributed by atoms with van der Waals surface area (Å²) in [5.41, 5.74) is 0. The molecular weight excluding hydrogens is 180 g/mol. The fourth-order valence-electron chi connectivity index (χ4n) is 0.845. The zero-order valence-corrected chi connectivity index (χ0v) is 9.07. The van der Waals surface area contributed by atoms with Crippen LogP contribution in [0.4, 0.5) is 0 Å². The summed E-state index contributed by atoms with van der Waals surface area (Å²) >= 11 is 4.82. The monoisotopic (exact) mass is 195 g/mol. The van der Waals surface area contributed by atoms with Gasteiger partial charge in [-0.2, -0.15) is 5.75 Å². The van der Waals surface area contributed by atoms with Gasteiger partial charge < -0.3 is 25.9 Å². The topological polar surface area (TPSA) is 27.7 Å². The van der Waals surface area contributed by atoms with E-state index in [1.807, 2.05) is 0 Å². The van der Waals surface area contributed by atoms with Crippen molar-refractivity contribution in [3.63, 3.8) is 0 Å². The Labute approximate surface area is 74.8 Å². The number of hydrogen-bond acceptors (Lipinski definition) is 4. The van der Waals surface area contributed by atoms with Crippen molar-refractivity contribution in [1.82, 2.24) is 0 Å². The minimum Gasteiger partial charge on any atom is -0.793 e. The van der Waals surface area contributed by atoms with Crippen molar-refractivity contribution in [2.45, 2.75) is 12.5 Å². The van der Waals surface area contributed by atoms with E-state index < -0.39 is 8.80 Å². The van der Waals surface area contributed by atoms with E-state index in [-0.39, 0.29) is 0 Å². The zero-order valence-electron chi connectivity index (χ0n) is 7.25. The minimum absolute atomic E-state index is 0.727. The van der Waals surface area contributed by atoms with Crippen LogP contribution in [0.1, 0.15) is 6.42 Å². The Morgan fingerprint density at radius 2 is 1.55 bits per heavy atom. The van der Waals surface area contributed by atoms with Crippen LogP contribution in [-0.2, 0) is 25.9 Å². The van der Waals surface area contributed by atoms with Crippen molar-refractivity contribution >= 4 is 21.4 Å². The van der Waals surface area contributed by atoms with Gasteiger partial charge in [0.1, 0.15) is 0 Å². The first-order chi connectivity index (χ1) is 5.24. The molecule has 11 heavy (non-hydrogen) atoms. The standard InChI is InChI=1S/C6H16O3SSi/c1-7-11(8-2,9-3)6-4-5-10/h10H,4-6H2,1-3H3/p-1. The Balaban J connectivity index is 3.84. The van der Waals surface area contributed by atoms with Crippen molar-refractivity contribution in [3.05, 3.63) is 0 Å². The van der Waals surface area contributed by atoms with E-state index in [0.717, 1.165) is 18.2 Å². The molecule has 5 heteroatoms. The summed E-state index contributed by atoms with van der Waals surface area (Å²) in [6.45, 7) is 0. The average Bonchev–Trinajstić information content (AvgIpc) is 2.08. The predicted molar refractivity (Wildman–Crippen MR) is 48.4 cm³/mol. The summed E-state index contributed by atoms with van der Waals surface area (Å²) in [5.74, 6) is 0.727. The van der Waals surface area contributed by atoms with Crippen LogP contribution in [0.5, 0.6) is 0 Å². The molecule has 0 aromatic carbocycles. The number of rotatable bonds is 6. The van der Waals surface area contributed by atoms with E-state index in [1.54, 1.807) is 21.3 Å². The molecule has 0 aliphatic carbocycles. The van der Waals surface area contributed by atoms with Crippen molar-refractivity contribution in [3.8, 4) is 0 Å². The first-order valence-electron chi connectivity index (χ1n) is 3.48. The van der Waals surface area contributed by atoms with Gasteiger partial charge in [0.15, 0.2) is 0 Å². The lowest BCUT2D eigenvalue weighted by molar-refractivity contribution is 0.123. The van der Waals surface area contributed by atoms with Crippen molar-refractivity contribution in [2.75, 3.05) is 27.1 Å². The number of hydrogen-bond donors (Lipinski definition) is 0. The summed E-state index contributed by atoms with van der Waals surface area (Å²) in [5, 5.41) is 0. The first kappa shape index (κ1) is 11.4. The second-order valence-electron chi connectivity index (χ2n) is 2.10. The van der Waals surface area contributed by atoms with Gasteiger partial charge in [0.2, 0.25) is 0 Å². The Kier molecular flexibility index (Phi) is 6.26. The zero-order chi connectivity index (χ0) is 8.74. The molecule has 0 fully saturated rings. The maximum atomic E-state index is 5.19. The summed E-state index contributed by atoms with van der Waals surface area (Å²) in [6.07, 6.45) is 0.914. The third kappa shape index (κ3) is 3.57. The molecule has 0 atom stereocenters. The molecule has 0 rings (SSSR count). The highest BCUT2D eigenvalue weighted by molar-refractivity contribution is 7.58. The maximum Gasteiger partial charge on any atom is 0.500 e. The molecule has 0 heterocycles.